The molecule has 6 nitrogen and oxygen atoms in total. The largest absolute Gasteiger partial charge is 0.360 e. The van der Waals surface area contributed by atoms with Crippen LogP contribution in [0.3, 0.4) is 0 Å². The number of hydrogen-bond acceptors (Lipinski definition) is 3. The van der Waals surface area contributed by atoms with Gasteiger partial charge >= 0.3 is 0 Å². The number of unbranched alkanes of at least 4 members (excludes halogenated alkanes) is 3. The summed E-state index contributed by atoms with van der Waals surface area (Å²) in [6.07, 6.45) is 7.50. The van der Waals surface area contributed by atoms with Crippen molar-refractivity contribution in [2.24, 2.45) is 5.92 Å². The van der Waals surface area contributed by atoms with Crippen LogP contribution in [0.2, 0.25) is 0 Å². The van der Waals surface area contributed by atoms with Gasteiger partial charge < -0.3 is 15.2 Å². The monoisotopic (exact) mass is 383 g/mol. The average Bonchev–Trinajstić information content (AvgIpc) is 2.73. The predicted molar refractivity (Wildman–Crippen MR) is 110 cm³/mol. The van der Waals surface area contributed by atoms with Crippen molar-refractivity contribution in [3.05, 3.63) is 46.2 Å². The molecule has 1 aromatic heterocycles. The summed E-state index contributed by atoms with van der Waals surface area (Å²) < 4.78 is 0. The summed E-state index contributed by atoms with van der Waals surface area (Å²) in [5.74, 6) is -0.489. The first-order chi connectivity index (χ1) is 13.6. The number of piperidine rings is 1. The van der Waals surface area contributed by atoms with Crippen LogP contribution in [0, 0.1) is 5.92 Å². The number of benzene rings is 1. The summed E-state index contributed by atoms with van der Waals surface area (Å²) in [4.78, 5) is 42.8. The maximum absolute atomic E-state index is 12.9. The zero-order valence-corrected chi connectivity index (χ0v) is 16.5. The zero-order valence-electron chi connectivity index (χ0n) is 16.5. The number of nitrogens with zero attached hydrogens (tertiary/aromatic N) is 1. The fraction of sp³-hybridized carbons (Fsp3) is 0.500. The highest BCUT2D eigenvalue weighted by Gasteiger charge is 2.29. The molecule has 1 aromatic carbocycles. The number of carbonyl (C=O) groups excluding carboxylic acids is 2. The molecule has 1 unspecified atom stereocenters. The molecular formula is C22H29N3O3. The number of hydrogen-bond donors (Lipinski definition) is 2. The molecule has 2 amide bonds. The lowest BCUT2D eigenvalue weighted by Crippen LogP contribution is -2.46. The smallest absolute Gasteiger partial charge is 0.259 e. The maximum atomic E-state index is 12.9. The van der Waals surface area contributed by atoms with Gasteiger partial charge in [-0.25, -0.2) is 0 Å². The van der Waals surface area contributed by atoms with E-state index in [1.54, 1.807) is 17.0 Å². The Labute approximate surface area is 165 Å². The Morgan fingerprint density at radius 2 is 2.04 bits per heavy atom. The van der Waals surface area contributed by atoms with Crippen molar-refractivity contribution in [1.29, 1.82) is 0 Å². The van der Waals surface area contributed by atoms with Gasteiger partial charge in [-0.15, -0.1) is 0 Å². The second-order valence-electron chi connectivity index (χ2n) is 7.52. The van der Waals surface area contributed by atoms with E-state index in [0.29, 0.717) is 30.5 Å². The molecule has 2 aromatic rings. The highest BCUT2D eigenvalue weighted by molar-refractivity contribution is 5.97. The molecule has 2 N–H and O–H groups in total. The minimum absolute atomic E-state index is 0.0152. The number of likely N-dealkylation sites (tertiary alicyclic amines) is 1. The quantitative estimate of drug-likeness (QED) is 0.721. The first kappa shape index (κ1) is 20.1. The molecule has 0 bridgehead atoms. The molecular weight excluding hydrogens is 354 g/mol. The lowest BCUT2D eigenvalue weighted by molar-refractivity contribution is -0.126. The third-order valence-electron chi connectivity index (χ3n) is 5.43. The Morgan fingerprint density at radius 3 is 2.86 bits per heavy atom. The van der Waals surface area contributed by atoms with Crippen LogP contribution < -0.4 is 10.7 Å². The zero-order chi connectivity index (χ0) is 19.9. The third-order valence-corrected chi connectivity index (χ3v) is 5.43. The number of carbonyl (C=O) groups is 2. The van der Waals surface area contributed by atoms with E-state index in [2.05, 4.69) is 17.2 Å². The van der Waals surface area contributed by atoms with Gasteiger partial charge in [0, 0.05) is 36.7 Å². The molecule has 1 aliphatic heterocycles. The van der Waals surface area contributed by atoms with Crippen LogP contribution in [0.4, 0.5) is 0 Å². The van der Waals surface area contributed by atoms with Gasteiger partial charge in [-0.2, -0.15) is 0 Å². The Kier molecular flexibility index (Phi) is 6.85. The van der Waals surface area contributed by atoms with Gasteiger partial charge in [-0.3, -0.25) is 14.4 Å². The van der Waals surface area contributed by atoms with Crippen LogP contribution in [0.15, 0.2) is 35.3 Å². The number of aromatic amines is 1. The van der Waals surface area contributed by atoms with Gasteiger partial charge in [0.15, 0.2) is 0 Å². The molecule has 1 saturated heterocycles. The summed E-state index contributed by atoms with van der Waals surface area (Å²) in [7, 11) is 0. The van der Waals surface area contributed by atoms with Crippen LogP contribution in [-0.2, 0) is 4.79 Å². The Hall–Kier alpha value is -2.63. The molecule has 2 heterocycles. The van der Waals surface area contributed by atoms with Crippen molar-refractivity contribution in [3.63, 3.8) is 0 Å². The van der Waals surface area contributed by atoms with Crippen molar-refractivity contribution >= 4 is 22.7 Å². The lowest BCUT2D eigenvalue weighted by atomic mass is 9.96. The van der Waals surface area contributed by atoms with Crippen LogP contribution in [0.5, 0.6) is 0 Å². The average molecular weight is 383 g/mol. The summed E-state index contributed by atoms with van der Waals surface area (Å²) in [5, 5.41) is 3.51. The topological polar surface area (TPSA) is 82.3 Å². The van der Waals surface area contributed by atoms with Crippen molar-refractivity contribution < 1.29 is 9.59 Å². The molecule has 6 heteroatoms. The van der Waals surface area contributed by atoms with Crippen LogP contribution >= 0.6 is 0 Å². The van der Waals surface area contributed by atoms with Gasteiger partial charge in [0.1, 0.15) is 5.56 Å². The van der Waals surface area contributed by atoms with Crippen LogP contribution in [0.25, 0.3) is 10.9 Å². The maximum Gasteiger partial charge on any atom is 0.259 e. The van der Waals surface area contributed by atoms with Crippen molar-refractivity contribution in [3.8, 4) is 0 Å². The van der Waals surface area contributed by atoms with Gasteiger partial charge in [0.05, 0.1) is 5.92 Å². The molecule has 3 rings (SSSR count). The first-order valence-electron chi connectivity index (χ1n) is 10.3. The third kappa shape index (κ3) is 4.61. The summed E-state index contributed by atoms with van der Waals surface area (Å²) >= 11 is 0. The second kappa shape index (κ2) is 9.53. The molecule has 1 aliphatic rings. The molecule has 0 aliphatic carbocycles. The Bertz CT molecular complexity index is 890. The van der Waals surface area contributed by atoms with Gasteiger partial charge in [-0.05, 0) is 31.4 Å². The van der Waals surface area contributed by atoms with Crippen molar-refractivity contribution in [2.45, 2.75) is 45.4 Å². The Morgan fingerprint density at radius 1 is 1.21 bits per heavy atom. The van der Waals surface area contributed by atoms with Gasteiger partial charge in [0.25, 0.3) is 5.91 Å². The summed E-state index contributed by atoms with van der Waals surface area (Å²) in [6.45, 7) is 3.79. The highest BCUT2D eigenvalue weighted by Crippen LogP contribution is 2.19. The molecule has 150 valence electrons. The van der Waals surface area contributed by atoms with Gasteiger partial charge in [0.2, 0.25) is 11.3 Å². The molecule has 0 saturated carbocycles. The molecule has 1 fully saturated rings. The number of nitrogens with one attached hydrogen (secondary N) is 2. The van der Waals surface area contributed by atoms with E-state index in [1.807, 2.05) is 12.1 Å². The molecule has 0 radical (unpaired) electrons. The number of fused-ring (bicyclic) bond motifs is 1. The molecule has 1 atom stereocenters. The summed E-state index contributed by atoms with van der Waals surface area (Å²) in [6, 6.07) is 7.16. The number of rotatable bonds is 7. The van der Waals surface area contributed by atoms with Crippen molar-refractivity contribution in [2.75, 3.05) is 19.6 Å². The van der Waals surface area contributed by atoms with E-state index in [9.17, 15) is 14.4 Å². The number of aromatic nitrogens is 1. The second-order valence-corrected chi connectivity index (χ2v) is 7.52. The number of pyridine rings is 1. The fourth-order valence-electron chi connectivity index (χ4n) is 3.78. The number of para-hydroxylation sites is 1. The minimum Gasteiger partial charge on any atom is -0.360 e. The van der Waals surface area contributed by atoms with E-state index < -0.39 is 0 Å². The highest BCUT2D eigenvalue weighted by atomic mass is 16.2. The van der Waals surface area contributed by atoms with Crippen LogP contribution in [-0.4, -0.2) is 41.3 Å². The van der Waals surface area contributed by atoms with E-state index in [0.717, 1.165) is 25.7 Å². The first-order valence-corrected chi connectivity index (χ1v) is 10.3. The SMILES string of the molecule is CCCCCCNC(=O)C1CCCN(C(=O)c2c[nH]c3ccccc3c2=O)C1. The fourth-order valence-corrected chi connectivity index (χ4v) is 3.78. The predicted octanol–water partition coefficient (Wildman–Crippen LogP) is 3.08. The lowest BCUT2D eigenvalue weighted by Gasteiger charge is -2.32. The Balaban J connectivity index is 1.64. The summed E-state index contributed by atoms with van der Waals surface area (Å²) in [5.41, 5.74) is 0.587. The normalized spacial score (nSPS) is 16.9. The van der Waals surface area contributed by atoms with Crippen LogP contribution in [0.1, 0.15) is 55.8 Å². The van der Waals surface area contributed by atoms with Crippen molar-refractivity contribution in [1.82, 2.24) is 15.2 Å². The molecule has 0 spiro atoms. The number of H-pyrrole nitrogens is 1. The molecule has 28 heavy (non-hydrogen) atoms. The standard InChI is InChI=1S/C22H29N3O3/c1-2-3-4-7-12-23-21(27)16-9-8-13-25(15-16)22(28)18-14-24-19-11-6-5-10-17(19)20(18)26/h5-6,10-11,14,16H,2-4,7-9,12-13,15H2,1H3,(H,23,27)(H,24,26). The minimum atomic E-state index is -0.299. The number of amides is 2. The van der Waals surface area contributed by atoms with E-state index in [-0.39, 0.29) is 28.7 Å². The van der Waals surface area contributed by atoms with E-state index in [1.165, 1.54) is 19.0 Å². The van der Waals surface area contributed by atoms with Gasteiger partial charge in [-0.1, -0.05) is 38.3 Å². The van der Waals surface area contributed by atoms with E-state index >= 15 is 0 Å². The van der Waals surface area contributed by atoms with E-state index in [4.69, 9.17) is 0 Å².